The van der Waals surface area contributed by atoms with Crippen LogP contribution in [0.25, 0.3) is 0 Å². The number of likely N-dealkylation sites (tertiary alicyclic amines) is 2. The van der Waals surface area contributed by atoms with Crippen LogP contribution < -0.4 is 0 Å². The molecule has 0 spiro atoms. The summed E-state index contributed by atoms with van der Waals surface area (Å²) in [4.78, 5) is 7.64. The van der Waals surface area contributed by atoms with Gasteiger partial charge in [0.25, 0.3) is 0 Å². The van der Waals surface area contributed by atoms with Gasteiger partial charge in [0.1, 0.15) is 0 Å². The summed E-state index contributed by atoms with van der Waals surface area (Å²) in [5, 5.41) is 0. The third-order valence-electron chi connectivity index (χ3n) is 5.63. The minimum absolute atomic E-state index is 0.363. The van der Waals surface area contributed by atoms with Gasteiger partial charge in [-0.2, -0.15) is 0 Å². The highest BCUT2D eigenvalue weighted by atomic mass is 32.2. The Morgan fingerprint density at radius 1 is 0.727 bits per heavy atom. The zero-order valence-corrected chi connectivity index (χ0v) is 14.6. The lowest BCUT2D eigenvalue weighted by atomic mass is 10.0. The standard InChI is InChI=1S/C16H31N3O2S/c20-22(21)14-12-19(13-15-22)16-4-8-18(9-5-16)11-10-17-6-2-1-3-7-17/h16H,1-15H2. The lowest BCUT2D eigenvalue weighted by Gasteiger charge is -2.40. The molecule has 0 aromatic carbocycles. The molecule has 0 aromatic heterocycles. The first-order valence-electron chi connectivity index (χ1n) is 9.02. The molecular weight excluding hydrogens is 298 g/mol. The van der Waals surface area contributed by atoms with Crippen molar-refractivity contribution in [3.8, 4) is 0 Å². The van der Waals surface area contributed by atoms with Gasteiger partial charge in [0.15, 0.2) is 9.84 Å². The Hall–Kier alpha value is -0.170. The second-order valence-corrected chi connectivity index (χ2v) is 9.47. The van der Waals surface area contributed by atoms with Crippen molar-refractivity contribution in [1.29, 1.82) is 0 Å². The fourth-order valence-corrected chi connectivity index (χ4v) is 5.30. The van der Waals surface area contributed by atoms with E-state index in [0.29, 0.717) is 17.5 Å². The van der Waals surface area contributed by atoms with Gasteiger partial charge in [-0.15, -0.1) is 0 Å². The zero-order chi connectivity index (χ0) is 15.4. The van der Waals surface area contributed by atoms with Gasteiger partial charge in [-0.3, -0.25) is 4.90 Å². The Balaban J connectivity index is 1.35. The average Bonchev–Trinajstić information content (AvgIpc) is 2.55. The molecule has 0 atom stereocenters. The molecule has 0 amide bonds. The van der Waals surface area contributed by atoms with Gasteiger partial charge in [0.2, 0.25) is 0 Å². The van der Waals surface area contributed by atoms with Crippen molar-refractivity contribution in [2.75, 3.05) is 63.9 Å². The summed E-state index contributed by atoms with van der Waals surface area (Å²) < 4.78 is 23.1. The van der Waals surface area contributed by atoms with Crippen LogP contribution in [-0.2, 0) is 9.84 Å². The molecule has 3 fully saturated rings. The Bertz CT molecular complexity index is 426. The Kier molecular flexibility index (Phi) is 5.76. The van der Waals surface area contributed by atoms with Gasteiger partial charge in [0, 0.05) is 32.2 Å². The van der Waals surface area contributed by atoms with Crippen molar-refractivity contribution < 1.29 is 8.42 Å². The van der Waals surface area contributed by atoms with Crippen LogP contribution in [0.15, 0.2) is 0 Å². The summed E-state index contributed by atoms with van der Waals surface area (Å²) in [5.41, 5.74) is 0. The highest BCUT2D eigenvalue weighted by molar-refractivity contribution is 7.91. The molecule has 3 rings (SSSR count). The zero-order valence-electron chi connectivity index (χ0n) is 13.8. The van der Waals surface area contributed by atoms with Crippen LogP contribution in [0.1, 0.15) is 32.1 Å². The van der Waals surface area contributed by atoms with Crippen LogP contribution in [0.5, 0.6) is 0 Å². The largest absolute Gasteiger partial charge is 0.302 e. The van der Waals surface area contributed by atoms with Crippen molar-refractivity contribution in [2.24, 2.45) is 0 Å². The lowest BCUT2D eigenvalue weighted by Crippen LogP contribution is -2.51. The van der Waals surface area contributed by atoms with Crippen molar-refractivity contribution in [1.82, 2.24) is 14.7 Å². The molecule has 0 saturated carbocycles. The molecule has 0 aromatic rings. The van der Waals surface area contributed by atoms with Crippen LogP contribution in [0.3, 0.4) is 0 Å². The van der Waals surface area contributed by atoms with Crippen molar-refractivity contribution >= 4 is 9.84 Å². The Labute approximate surface area is 135 Å². The normalized spacial score (nSPS) is 29.6. The second-order valence-electron chi connectivity index (χ2n) is 7.16. The van der Waals surface area contributed by atoms with E-state index >= 15 is 0 Å². The molecule has 3 aliphatic rings. The van der Waals surface area contributed by atoms with Crippen LogP contribution in [-0.4, -0.2) is 93.0 Å². The molecule has 0 bridgehead atoms. The summed E-state index contributed by atoms with van der Waals surface area (Å²) in [5.74, 6) is 0.727. The maximum absolute atomic E-state index is 11.5. The van der Waals surface area contributed by atoms with E-state index in [1.165, 1.54) is 71.4 Å². The van der Waals surface area contributed by atoms with Crippen LogP contribution in [0.4, 0.5) is 0 Å². The summed E-state index contributed by atoms with van der Waals surface area (Å²) in [6, 6.07) is 0.613. The highest BCUT2D eigenvalue weighted by Gasteiger charge is 2.29. The number of hydrogen-bond acceptors (Lipinski definition) is 5. The monoisotopic (exact) mass is 329 g/mol. The third-order valence-corrected chi connectivity index (χ3v) is 7.24. The number of piperidine rings is 2. The van der Waals surface area contributed by atoms with Gasteiger partial charge in [0.05, 0.1) is 11.5 Å². The number of nitrogens with zero attached hydrogens (tertiary/aromatic N) is 3. The fraction of sp³-hybridized carbons (Fsp3) is 1.00. The maximum Gasteiger partial charge on any atom is 0.152 e. The lowest BCUT2D eigenvalue weighted by molar-refractivity contribution is 0.103. The molecule has 0 unspecified atom stereocenters. The molecular formula is C16H31N3O2S. The summed E-state index contributed by atoms with van der Waals surface area (Å²) in [7, 11) is -2.74. The average molecular weight is 330 g/mol. The van der Waals surface area contributed by atoms with Crippen molar-refractivity contribution in [3.05, 3.63) is 0 Å². The predicted molar refractivity (Wildman–Crippen MR) is 90.0 cm³/mol. The van der Waals surface area contributed by atoms with E-state index in [-0.39, 0.29) is 0 Å². The number of hydrogen-bond donors (Lipinski definition) is 0. The van der Waals surface area contributed by atoms with Gasteiger partial charge in [-0.05, 0) is 51.9 Å². The van der Waals surface area contributed by atoms with E-state index in [4.69, 9.17) is 0 Å². The molecule has 0 N–H and O–H groups in total. The van der Waals surface area contributed by atoms with Gasteiger partial charge >= 0.3 is 0 Å². The molecule has 6 heteroatoms. The fourth-order valence-electron chi connectivity index (χ4n) is 4.07. The Morgan fingerprint density at radius 2 is 1.27 bits per heavy atom. The number of sulfone groups is 1. The van der Waals surface area contributed by atoms with Gasteiger partial charge in [-0.1, -0.05) is 6.42 Å². The smallest absolute Gasteiger partial charge is 0.152 e. The SMILES string of the molecule is O=S1(=O)CCN(C2CCN(CCN3CCCCC3)CC2)CC1. The van der Waals surface area contributed by atoms with E-state index in [1.807, 2.05) is 0 Å². The van der Waals surface area contributed by atoms with Crippen LogP contribution in [0.2, 0.25) is 0 Å². The van der Waals surface area contributed by atoms with Crippen molar-refractivity contribution in [2.45, 2.75) is 38.1 Å². The quantitative estimate of drug-likeness (QED) is 0.758. The number of rotatable bonds is 4. The molecule has 0 radical (unpaired) electrons. The van der Waals surface area contributed by atoms with Gasteiger partial charge < -0.3 is 9.80 Å². The minimum Gasteiger partial charge on any atom is -0.302 e. The van der Waals surface area contributed by atoms with Gasteiger partial charge in [-0.25, -0.2) is 8.42 Å². The maximum atomic E-state index is 11.5. The Morgan fingerprint density at radius 3 is 1.86 bits per heavy atom. The molecule has 0 aliphatic carbocycles. The minimum atomic E-state index is -2.74. The van der Waals surface area contributed by atoms with Crippen LogP contribution in [0, 0.1) is 0 Å². The first kappa shape index (κ1) is 16.7. The van der Waals surface area contributed by atoms with E-state index in [9.17, 15) is 8.42 Å². The van der Waals surface area contributed by atoms with Crippen LogP contribution >= 0.6 is 0 Å². The molecule has 3 heterocycles. The summed E-state index contributed by atoms with van der Waals surface area (Å²) in [6.07, 6.45) is 6.58. The van der Waals surface area contributed by atoms with Crippen molar-refractivity contribution in [3.63, 3.8) is 0 Å². The van der Waals surface area contributed by atoms with E-state index in [0.717, 1.165) is 13.1 Å². The summed E-state index contributed by atoms with van der Waals surface area (Å²) in [6.45, 7) is 8.89. The second kappa shape index (κ2) is 7.60. The highest BCUT2D eigenvalue weighted by Crippen LogP contribution is 2.19. The molecule has 5 nitrogen and oxygen atoms in total. The predicted octanol–water partition coefficient (Wildman–Crippen LogP) is 0.667. The molecule has 22 heavy (non-hydrogen) atoms. The van der Waals surface area contributed by atoms with E-state index in [1.54, 1.807) is 0 Å². The molecule has 128 valence electrons. The third kappa shape index (κ3) is 4.66. The molecule has 3 aliphatic heterocycles. The first-order chi connectivity index (χ1) is 10.6. The first-order valence-corrected chi connectivity index (χ1v) is 10.8. The van der Waals surface area contributed by atoms with E-state index < -0.39 is 9.84 Å². The topological polar surface area (TPSA) is 43.9 Å². The summed E-state index contributed by atoms with van der Waals surface area (Å²) >= 11 is 0. The van der Waals surface area contributed by atoms with E-state index in [2.05, 4.69) is 14.7 Å². The molecule has 3 saturated heterocycles.